The number of hydrogen-bond donors (Lipinski definition) is 1. The topological polar surface area (TPSA) is 71.0 Å². The number of rotatable bonds is 8. The predicted octanol–water partition coefficient (Wildman–Crippen LogP) is 5.72. The first-order chi connectivity index (χ1) is 15.1. The zero-order chi connectivity index (χ0) is 21.6. The van der Waals surface area contributed by atoms with Crippen LogP contribution in [0.1, 0.15) is 18.2 Å². The number of halogens is 1. The number of anilines is 3. The van der Waals surface area contributed by atoms with Crippen LogP contribution in [0.15, 0.2) is 64.3 Å². The van der Waals surface area contributed by atoms with Crippen LogP contribution < -0.4 is 10.2 Å². The summed E-state index contributed by atoms with van der Waals surface area (Å²) < 4.78 is 15.0. The molecular formula is C21H18FN5OS3. The summed E-state index contributed by atoms with van der Waals surface area (Å²) in [6, 6.07) is 16.3. The van der Waals surface area contributed by atoms with Gasteiger partial charge in [0.2, 0.25) is 11.0 Å². The lowest BCUT2D eigenvalue weighted by atomic mass is 10.2. The lowest BCUT2D eigenvalue weighted by molar-refractivity contribution is -0.115. The Morgan fingerprint density at radius 2 is 1.90 bits per heavy atom. The molecule has 0 saturated carbocycles. The van der Waals surface area contributed by atoms with Crippen molar-refractivity contribution in [1.82, 2.24) is 15.2 Å². The molecule has 0 unspecified atom stereocenters. The molecule has 1 N–H and O–H groups in total. The number of thioether (sulfide) groups is 1. The van der Waals surface area contributed by atoms with Crippen molar-refractivity contribution in [2.75, 3.05) is 10.2 Å². The molecule has 0 spiro atoms. The maximum atomic E-state index is 14.2. The highest BCUT2D eigenvalue weighted by atomic mass is 32.2. The lowest BCUT2D eigenvalue weighted by Gasteiger charge is -2.18. The molecule has 10 heteroatoms. The number of para-hydroxylation sites is 1. The van der Waals surface area contributed by atoms with Crippen LogP contribution in [-0.2, 0) is 17.1 Å². The fraction of sp³-hybridized carbons (Fsp3) is 0.143. The van der Waals surface area contributed by atoms with Crippen molar-refractivity contribution in [1.29, 1.82) is 0 Å². The van der Waals surface area contributed by atoms with E-state index in [-0.39, 0.29) is 11.6 Å². The summed E-state index contributed by atoms with van der Waals surface area (Å²) in [7, 11) is 0. The number of carbonyl (C=O) groups is 1. The van der Waals surface area contributed by atoms with Crippen molar-refractivity contribution in [2.45, 2.75) is 23.6 Å². The van der Waals surface area contributed by atoms with Crippen molar-refractivity contribution in [2.24, 2.45) is 0 Å². The van der Waals surface area contributed by atoms with Gasteiger partial charge in [-0.15, -0.1) is 21.5 Å². The van der Waals surface area contributed by atoms with Crippen molar-refractivity contribution in [3.05, 3.63) is 77.1 Å². The van der Waals surface area contributed by atoms with E-state index in [0.717, 1.165) is 15.2 Å². The van der Waals surface area contributed by atoms with Crippen molar-refractivity contribution in [3.63, 3.8) is 0 Å². The summed E-state index contributed by atoms with van der Waals surface area (Å²) in [5.74, 6) is -0.183. The van der Waals surface area contributed by atoms with Gasteiger partial charge in [0, 0.05) is 24.6 Å². The predicted molar refractivity (Wildman–Crippen MR) is 125 cm³/mol. The second-order valence-electron chi connectivity index (χ2n) is 6.43. The number of carbonyl (C=O) groups excluding carboxylic acids is 1. The molecule has 6 nitrogen and oxygen atoms in total. The van der Waals surface area contributed by atoms with Gasteiger partial charge in [0.1, 0.15) is 5.82 Å². The molecule has 0 saturated heterocycles. The smallest absolute Gasteiger partial charge is 0.230 e. The standard InChI is InChI=1S/C21H18FN5OS3/c1-14(28)27(18-10-6-5-9-17(18)22)20-24-16(12-29-20)13-30-21-26-25-19(31-21)23-11-15-7-3-2-4-8-15/h2-10,12H,11,13H2,1H3,(H,23,25). The molecule has 0 aliphatic rings. The van der Waals surface area contributed by atoms with E-state index < -0.39 is 5.82 Å². The van der Waals surface area contributed by atoms with Crippen LogP contribution >= 0.6 is 34.4 Å². The average molecular weight is 472 g/mol. The number of nitrogens with one attached hydrogen (secondary N) is 1. The van der Waals surface area contributed by atoms with Gasteiger partial charge in [-0.05, 0) is 17.7 Å². The van der Waals surface area contributed by atoms with Crippen molar-refractivity contribution >= 4 is 56.3 Å². The Kier molecular flexibility index (Phi) is 6.90. The number of amides is 1. The minimum Gasteiger partial charge on any atom is -0.356 e. The van der Waals surface area contributed by atoms with E-state index in [1.165, 1.54) is 57.9 Å². The maximum Gasteiger partial charge on any atom is 0.230 e. The van der Waals surface area contributed by atoms with Gasteiger partial charge in [0.05, 0.1) is 11.4 Å². The molecule has 1 amide bonds. The van der Waals surface area contributed by atoms with Gasteiger partial charge in [0.25, 0.3) is 0 Å². The van der Waals surface area contributed by atoms with E-state index in [9.17, 15) is 9.18 Å². The molecule has 31 heavy (non-hydrogen) atoms. The van der Waals surface area contributed by atoms with Gasteiger partial charge in [-0.25, -0.2) is 9.37 Å². The minimum atomic E-state index is -0.465. The Balaban J connectivity index is 1.38. The second-order valence-corrected chi connectivity index (χ2v) is 9.46. The monoisotopic (exact) mass is 471 g/mol. The Bertz CT molecular complexity index is 1160. The number of aromatic nitrogens is 3. The number of benzene rings is 2. The maximum absolute atomic E-state index is 14.2. The van der Waals surface area contributed by atoms with Crippen LogP contribution in [0.4, 0.5) is 20.3 Å². The third kappa shape index (κ3) is 5.46. The number of hydrogen-bond acceptors (Lipinski definition) is 8. The Morgan fingerprint density at radius 3 is 2.68 bits per heavy atom. The quantitative estimate of drug-likeness (QED) is 0.331. The summed E-state index contributed by atoms with van der Waals surface area (Å²) in [4.78, 5) is 18.0. The second kappa shape index (κ2) is 9.99. The van der Waals surface area contributed by atoms with Gasteiger partial charge >= 0.3 is 0 Å². The van der Waals surface area contributed by atoms with Crippen LogP contribution in [0.3, 0.4) is 0 Å². The summed E-state index contributed by atoms with van der Waals surface area (Å²) >= 11 is 4.30. The van der Waals surface area contributed by atoms with E-state index in [2.05, 4.69) is 32.6 Å². The van der Waals surface area contributed by atoms with E-state index >= 15 is 0 Å². The Hall–Kier alpha value is -2.82. The summed E-state index contributed by atoms with van der Waals surface area (Å²) in [5.41, 5.74) is 2.16. The van der Waals surface area contributed by atoms with Crippen LogP contribution in [0.2, 0.25) is 0 Å². The molecule has 2 aromatic carbocycles. The fourth-order valence-electron chi connectivity index (χ4n) is 2.75. The lowest BCUT2D eigenvalue weighted by Crippen LogP contribution is -2.23. The molecule has 4 aromatic rings. The largest absolute Gasteiger partial charge is 0.356 e. The van der Waals surface area contributed by atoms with Crippen molar-refractivity contribution in [3.8, 4) is 0 Å². The molecule has 0 aliphatic carbocycles. The van der Waals surface area contributed by atoms with E-state index in [0.29, 0.717) is 17.4 Å². The molecule has 0 aliphatic heterocycles. The van der Waals surface area contributed by atoms with Crippen LogP contribution in [0.25, 0.3) is 0 Å². The Morgan fingerprint density at radius 1 is 1.13 bits per heavy atom. The van der Waals surface area contributed by atoms with Gasteiger partial charge in [-0.2, -0.15) is 0 Å². The number of nitrogens with zero attached hydrogens (tertiary/aromatic N) is 4. The summed E-state index contributed by atoms with van der Waals surface area (Å²) in [5, 5.41) is 14.7. The molecule has 2 aromatic heterocycles. The molecule has 158 valence electrons. The zero-order valence-electron chi connectivity index (χ0n) is 16.5. The molecule has 4 rings (SSSR count). The Labute approximate surface area is 191 Å². The third-order valence-corrected chi connectivity index (χ3v) is 7.10. The first-order valence-corrected chi connectivity index (χ1v) is 12.0. The zero-order valence-corrected chi connectivity index (χ0v) is 18.9. The first kappa shape index (κ1) is 21.4. The SMILES string of the molecule is CC(=O)N(c1nc(CSc2nnc(NCc3ccccc3)s2)cs1)c1ccccc1F. The summed E-state index contributed by atoms with van der Waals surface area (Å²) in [6.07, 6.45) is 0. The van der Waals surface area contributed by atoms with E-state index in [4.69, 9.17) is 0 Å². The fourth-order valence-corrected chi connectivity index (χ4v) is 5.38. The minimum absolute atomic E-state index is 0.196. The van der Waals surface area contributed by atoms with E-state index in [1.807, 2.05) is 23.6 Å². The van der Waals surface area contributed by atoms with Gasteiger partial charge < -0.3 is 5.32 Å². The highest BCUT2D eigenvalue weighted by Crippen LogP contribution is 2.33. The molecule has 0 atom stereocenters. The third-order valence-electron chi connectivity index (χ3n) is 4.18. The van der Waals surface area contributed by atoms with Crippen LogP contribution in [0.5, 0.6) is 0 Å². The van der Waals surface area contributed by atoms with Gasteiger partial charge in [-0.3, -0.25) is 9.69 Å². The normalized spacial score (nSPS) is 10.8. The van der Waals surface area contributed by atoms with Crippen LogP contribution in [0, 0.1) is 5.82 Å². The molecule has 0 fully saturated rings. The highest BCUT2D eigenvalue weighted by molar-refractivity contribution is 8.00. The van der Waals surface area contributed by atoms with Crippen LogP contribution in [-0.4, -0.2) is 21.1 Å². The number of thiazole rings is 1. The molecule has 0 radical (unpaired) electrons. The van der Waals surface area contributed by atoms with Gasteiger partial charge in [0.15, 0.2) is 9.47 Å². The van der Waals surface area contributed by atoms with E-state index in [1.54, 1.807) is 18.2 Å². The molecule has 2 heterocycles. The first-order valence-electron chi connectivity index (χ1n) is 9.34. The molecule has 0 bridgehead atoms. The highest BCUT2D eigenvalue weighted by Gasteiger charge is 2.21. The average Bonchev–Trinajstić information content (AvgIpc) is 3.42. The van der Waals surface area contributed by atoms with Crippen molar-refractivity contribution < 1.29 is 9.18 Å². The summed E-state index contributed by atoms with van der Waals surface area (Å²) in [6.45, 7) is 2.08. The van der Waals surface area contributed by atoms with Gasteiger partial charge in [-0.1, -0.05) is 65.6 Å². The molecular weight excluding hydrogens is 453 g/mol.